The molecule has 2 rings (SSSR count). The molecule has 0 atom stereocenters. The Hall–Kier alpha value is -2.38. The molecule has 1 aromatic heterocycles. The van der Waals surface area contributed by atoms with Crippen LogP contribution in [0.5, 0.6) is 0 Å². The summed E-state index contributed by atoms with van der Waals surface area (Å²) in [7, 11) is 0. The van der Waals surface area contributed by atoms with Crippen LogP contribution < -0.4 is 5.11 Å². The molecule has 19 heavy (non-hydrogen) atoms. The minimum Gasteiger partial charge on any atom is -0.550 e. The number of carboxylic acid groups (broad SMARTS) is 1. The van der Waals surface area contributed by atoms with E-state index in [9.17, 15) is 23.1 Å². The number of hydrogen-bond acceptors (Lipinski definition) is 5. The number of aliphatic carboxylic acids is 1. The van der Waals surface area contributed by atoms with E-state index in [2.05, 4.69) is 10.1 Å². The zero-order chi connectivity index (χ0) is 14.0. The molecule has 1 aromatic carbocycles. The number of rotatable bonds is 3. The van der Waals surface area contributed by atoms with E-state index in [4.69, 9.17) is 4.52 Å². The smallest absolute Gasteiger partial charge is 0.416 e. The molecule has 1 heterocycles. The van der Waals surface area contributed by atoms with E-state index in [0.717, 1.165) is 12.1 Å². The van der Waals surface area contributed by atoms with E-state index in [-0.39, 0.29) is 17.3 Å². The number of carbonyl (C=O) groups is 1. The molecule has 0 spiro atoms. The van der Waals surface area contributed by atoms with Crippen molar-refractivity contribution in [3.05, 3.63) is 35.7 Å². The standard InChI is InChI=1S/C11H7F3N2O3/c12-11(13,14)7-3-1-2-6(4-7)10-15-8(16-19-10)5-9(17)18/h1-4H,5H2,(H,17,18)/p-1. The summed E-state index contributed by atoms with van der Waals surface area (Å²) in [5.41, 5.74) is -0.795. The number of carbonyl (C=O) groups excluding carboxylic acids is 1. The van der Waals surface area contributed by atoms with Crippen molar-refractivity contribution in [1.29, 1.82) is 0 Å². The summed E-state index contributed by atoms with van der Waals surface area (Å²) in [4.78, 5) is 14.0. The van der Waals surface area contributed by atoms with Crippen LogP contribution in [-0.2, 0) is 17.4 Å². The number of benzene rings is 1. The van der Waals surface area contributed by atoms with Crippen LogP contribution in [0.4, 0.5) is 13.2 Å². The zero-order valence-corrected chi connectivity index (χ0v) is 9.27. The highest BCUT2D eigenvalue weighted by molar-refractivity contribution is 5.66. The quantitative estimate of drug-likeness (QED) is 0.833. The molecular weight excluding hydrogens is 265 g/mol. The Balaban J connectivity index is 2.32. The molecule has 100 valence electrons. The second kappa shape index (κ2) is 4.71. The topological polar surface area (TPSA) is 79.0 Å². The summed E-state index contributed by atoms with van der Waals surface area (Å²) in [6.45, 7) is 0. The van der Waals surface area contributed by atoms with Gasteiger partial charge >= 0.3 is 6.18 Å². The first-order chi connectivity index (χ1) is 8.86. The highest BCUT2D eigenvalue weighted by atomic mass is 19.4. The van der Waals surface area contributed by atoms with Gasteiger partial charge in [-0.25, -0.2) is 0 Å². The molecule has 0 radical (unpaired) electrons. The molecule has 5 nitrogen and oxygen atoms in total. The van der Waals surface area contributed by atoms with Gasteiger partial charge in [0, 0.05) is 11.5 Å². The number of alkyl halides is 3. The van der Waals surface area contributed by atoms with Crippen LogP contribution in [0.15, 0.2) is 28.8 Å². The summed E-state index contributed by atoms with van der Waals surface area (Å²) < 4.78 is 42.2. The fraction of sp³-hybridized carbons (Fsp3) is 0.182. The predicted octanol–water partition coefficient (Wildman–Crippen LogP) is 1.05. The zero-order valence-electron chi connectivity index (χ0n) is 9.27. The number of hydrogen-bond donors (Lipinski definition) is 0. The maximum Gasteiger partial charge on any atom is 0.416 e. The van der Waals surface area contributed by atoms with Crippen LogP contribution in [0.2, 0.25) is 0 Å². The fourth-order valence-corrected chi connectivity index (χ4v) is 1.40. The van der Waals surface area contributed by atoms with E-state index in [1.54, 1.807) is 0 Å². The Morgan fingerprint density at radius 2 is 2.11 bits per heavy atom. The van der Waals surface area contributed by atoms with Gasteiger partial charge in [0.25, 0.3) is 5.89 Å². The molecule has 0 saturated heterocycles. The summed E-state index contributed by atoms with van der Waals surface area (Å²) in [6.07, 6.45) is -5.05. The predicted molar refractivity (Wildman–Crippen MR) is 53.4 cm³/mol. The van der Waals surface area contributed by atoms with E-state index < -0.39 is 24.1 Å². The Morgan fingerprint density at radius 3 is 2.74 bits per heavy atom. The third kappa shape index (κ3) is 3.09. The molecule has 0 amide bonds. The molecule has 8 heteroatoms. The number of halogens is 3. The van der Waals surface area contributed by atoms with Gasteiger partial charge < -0.3 is 14.4 Å². The second-order valence-corrected chi connectivity index (χ2v) is 3.64. The molecule has 0 aliphatic rings. The highest BCUT2D eigenvalue weighted by Gasteiger charge is 2.30. The van der Waals surface area contributed by atoms with Gasteiger partial charge in [-0.1, -0.05) is 11.2 Å². The maximum absolute atomic E-state index is 12.5. The lowest BCUT2D eigenvalue weighted by Crippen LogP contribution is -2.24. The van der Waals surface area contributed by atoms with E-state index in [1.165, 1.54) is 12.1 Å². The van der Waals surface area contributed by atoms with Crippen molar-refractivity contribution in [2.45, 2.75) is 12.6 Å². The van der Waals surface area contributed by atoms with Crippen LogP contribution >= 0.6 is 0 Å². The fourth-order valence-electron chi connectivity index (χ4n) is 1.40. The van der Waals surface area contributed by atoms with Crippen LogP contribution in [-0.4, -0.2) is 16.1 Å². The van der Waals surface area contributed by atoms with Gasteiger partial charge in [0.05, 0.1) is 12.0 Å². The van der Waals surface area contributed by atoms with E-state index >= 15 is 0 Å². The van der Waals surface area contributed by atoms with Gasteiger partial charge in [0.15, 0.2) is 5.82 Å². The first kappa shape index (κ1) is 13.1. The van der Waals surface area contributed by atoms with Crippen molar-refractivity contribution in [1.82, 2.24) is 10.1 Å². The molecular formula is C11H6F3N2O3-. The Bertz CT molecular complexity index is 607. The average molecular weight is 271 g/mol. The van der Waals surface area contributed by atoms with E-state index in [0.29, 0.717) is 0 Å². The minimum atomic E-state index is -4.48. The Kier molecular flexibility index (Phi) is 3.24. The molecule has 2 aromatic rings. The molecule has 0 fully saturated rings. The van der Waals surface area contributed by atoms with Crippen LogP contribution in [0, 0.1) is 0 Å². The van der Waals surface area contributed by atoms with Gasteiger partial charge in [0.2, 0.25) is 0 Å². The molecule has 0 N–H and O–H groups in total. The molecule has 0 unspecified atom stereocenters. The Labute approximate surface area is 104 Å². The van der Waals surface area contributed by atoms with E-state index in [1.807, 2.05) is 0 Å². The van der Waals surface area contributed by atoms with Crippen LogP contribution in [0.25, 0.3) is 11.5 Å². The summed E-state index contributed by atoms with van der Waals surface area (Å²) in [5.74, 6) is -1.74. The van der Waals surface area contributed by atoms with Crippen LogP contribution in [0.3, 0.4) is 0 Å². The lowest BCUT2D eigenvalue weighted by atomic mass is 10.1. The monoisotopic (exact) mass is 271 g/mol. The van der Waals surface area contributed by atoms with Crippen molar-refractivity contribution in [2.24, 2.45) is 0 Å². The number of nitrogens with zero attached hydrogens (tertiary/aromatic N) is 2. The first-order valence-electron chi connectivity index (χ1n) is 5.06. The molecule has 0 aliphatic carbocycles. The summed E-state index contributed by atoms with van der Waals surface area (Å²) >= 11 is 0. The number of carboxylic acids is 1. The average Bonchev–Trinajstić information content (AvgIpc) is 2.76. The third-order valence-corrected chi connectivity index (χ3v) is 2.21. The van der Waals surface area contributed by atoms with Crippen molar-refractivity contribution in [3.8, 4) is 11.5 Å². The SMILES string of the molecule is O=C([O-])Cc1noc(-c2cccc(C(F)(F)F)c2)n1. The molecule has 0 aliphatic heterocycles. The van der Waals surface area contributed by atoms with Crippen molar-refractivity contribution in [2.75, 3.05) is 0 Å². The van der Waals surface area contributed by atoms with Crippen molar-refractivity contribution >= 4 is 5.97 Å². The minimum absolute atomic E-state index is 0.0620. The largest absolute Gasteiger partial charge is 0.550 e. The Morgan fingerprint density at radius 1 is 1.37 bits per heavy atom. The van der Waals surface area contributed by atoms with Crippen molar-refractivity contribution < 1.29 is 27.6 Å². The summed E-state index contributed by atoms with van der Waals surface area (Å²) in [6, 6.07) is 4.30. The van der Waals surface area contributed by atoms with Gasteiger partial charge in [-0.05, 0) is 18.2 Å². The molecule has 0 saturated carbocycles. The lowest BCUT2D eigenvalue weighted by molar-refractivity contribution is -0.304. The van der Waals surface area contributed by atoms with Crippen LogP contribution in [0.1, 0.15) is 11.4 Å². The summed E-state index contributed by atoms with van der Waals surface area (Å²) in [5, 5.41) is 13.7. The van der Waals surface area contributed by atoms with Gasteiger partial charge in [-0.3, -0.25) is 0 Å². The first-order valence-corrected chi connectivity index (χ1v) is 5.06. The van der Waals surface area contributed by atoms with Gasteiger partial charge in [-0.2, -0.15) is 18.2 Å². The lowest BCUT2D eigenvalue weighted by Gasteiger charge is -2.06. The number of aromatic nitrogens is 2. The van der Waals surface area contributed by atoms with Gasteiger partial charge in [0.1, 0.15) is 0 Å². The normalized spacial score (nSPS) is 11.5. The van der Waals surface area contributed by atoms with Crippen molar-refractivity contribution in [3.63, 3.8) is 0 Å². The maximum atomic E-state index is 12.5. The third-order valence-electron chi connectivity index (χ3n) is 2.21. The second-order valence-electron chi connectivity index (χ2n) is 3.64. The molecule has 0 bridgehead atoms. The highest BCUT2D eigenvalue weighted by Crippen LogP contribution is 2.31. The van der Waals surface area contributed by atoms with Gasteiger partial charge in [-0.15, -0.1) is 0 Å².